The number of rotatable bonds is 3. The molecular weight excluding hydrogens is 218 g/mol. The second-order valence-electron chi connectivity index (χ2n) is 3.18. The van der Waals surface area contributed by atoms with Gasteiger partial charge in [-0.05, 0) is 24.6 Å². The van der Waals surface area contributed by atoms with Crippen LogP contribution in [-0.4, -0.2) is 29.3 Å². The third-order valence-electron chi connectivity index (χ3n) is 1.88. The molecule has 15 heavy (non-hydrogen) atoms. The highest BCUT2D eigenvalue weighted by atomic mass is 35.5. The van der Waals surface area contributed by atoms with Gasteiger partial charge in [0.25, 0.3) is 0 Å². The number of nitrogens with zero attached hydrogens (tertiary/aromatic N) is 1. The van der Waals surface area contributed by atoms with Gasteiger partial charge in [0, 0.05) is 12.1 Å². The van der Waals surface area contributed by atoms with Gasteiger partial charge >= 0.3 is 5.97 Å². The van der Waals surface area contributed by atoms with Crippen molar-refractivity contribution in [3.8, 4) is 0 Å². The summed E-state index contributed by atoms with van der Waals surface area (Å²) in [6.45, 7) is 1.79. The Morgan fingerprint density at radius 1 is 1.67 bits per heavy atom. The van der Waals surface area contributed by atoms with E-state index < -0.39 is 12.1 Å². The third kappa shape index (κ3) is 3.49. The van der Waals surface area contributed by atoms with Crippen molar-refractivity contribution in [2.75, 3.05) is 7.11 Å². The Labute approximate surface area is 92.8 Å². The van der Waals surface area contributed by atoms with Crippen LogP contribution >= 0.6 is 11.6 Å². The molecule has 0 aliphatic heterocycles. The minimum atomic E-state index is -1.16. The minimum absolute atomic E-state index is 0.176. The molecule has 0 saturated heterocycles. The maximum absolute atomic E-state index is 11.0. The topological polar surface area (TPSA) is 59.4 Å². The number of aromatic nitrogens is 1. The molecule has 82 valence electrons. The number of methoxy groups -OCH3 is 1. The largest absolute Gasteiger partial charge is 0.467 e. The lowest BCUT2D eigenvalue weighted by atomic mass is 10.1. The van der Waals surface area contributed by atoms with Gasteiger partial charge in [0.1, 0.15) is 5.15 Å². The molecule has 0 spiro atoms. The molecule has 1 aromatic heterocycles. The molecule has 0 aliphatic rings. The van der Waals surface area contributed by atoms with E-state index in [4.69, 9.17) is 11.6 Å². The predicted octanol–water partition coefficient (Wildman–Crippen LogP) is 1.12. The zero-order chi connectivity index (χ0) is 11.4. The Bertz CT molecular complexity index is 347. The van der Waals surface area contributed by atoms with Gasteiger partial charge in [-0.15, -0.1) is 0 Å². The first kappa shape index (κ1) is 11.9. The molecule has 0 radical (unpaired) electrons. The maximum Gasteiger partial charge on any atom is 0.335 e. The molecule has 1 aromatic rings. The molecule has 4 nitrogen and oxygen atoms in total. The molecule has 1 rings (SSSR count). The highest BCUT2D eigenvalue weighted by molar-refractivity contribution is 6.29. The maximum atomic E-state index is 11.0. The van der Waals surface area contributed by atoms with Gasteiger partial charge in [0.15, 0.2) is 6.10 Å². The fourth-order valence-electron chi connectivity index (χ4n) is 1.26. The Morgan fingerprint density at radius 2 is 2.33 bits per heavy atom. The van der Waals surface area contributed by atoms with Gasteiger partial charge < -0.3 is 9.84 Å². The number of aliphatic hydroxyl groups excluding tert-OH is 1. The van der Waals surface area contributed by atoms with Crippen LogP contribution in [0, 0.1) is 6.92 Å². The number of esters is 1. The summed E-state index contributed by atoms with van der Waals surface area (Å²) < 4.78 is 4.41. The summed E-state index contributed by atoms with van der Waals surface area (Å²) >= 11 is 5.74. The van der Waals surface area contributed by atoms with Gasteiger partial charge in [-0.1, -0.05) is 11.6 Å². The summed E-state index contributed by atoms with van der Waals surface area (Å²) in [6, 6.07) is 3.37. The molecule has 1 atom stereocenters. The van der Waals surface area contributed by atoms with Crippen LogP contribution in [-0.2, 0) is 16.0 Å². The van der Waals surface area contributed by atoms with Crippen LogP contribution in [0.4, 0.5) is 0 Å². The van der Waals surface area contributed by atoms with E-state index in [2.05, 4.69) is 9.72 Å². The van der Waals surface area contributed by atoms with E-state index in [-0.39, 0.29) is 6.42 Å². The molecule has 0 fully saturated rings. The van der Waals surface area contributed by atoms with Crippen molar-refractivity contribution in [3.05, 3.63) is 28.5 Å². The highest BCUT2D eigenvalue weighted by Gasteiger charge is 2.16. The molecular formula is C10H12ClNO3. The van der Waals surface area contributed by atoms with Crippen LogP contribution in [0.1, 0.15) is 11.3 Å². The first-order valence-electron chi connectivity index (χ1n) is 4.42. The van der Waals surface area contributed by atoms with Crippen molar-refractivity contribution < 1.29 is 14.6 Å². The summed E-state index contributed by atoms with van der Waals surface area (Å²) in [4.78, 5) is 14.9. The number of aliphatic hydroxyl groups is 1. The monoisotopic (exact) mass is 229 g/mol. The van der Waals surface area contributed by atoms with Crippen molar-refractivity contribution in [1.82, 2.24) is 4.98 Å². The van der Waals surface area contributed by atoms with Crippen molar-refractivity contribution in [3.63, 3.8) is 0 Å². The molecule has 1 heterocycles. The number of carbonyl (C=O) groups is 1. The third-order valence-corrected chi connectivity index (χ3v) is 2.08. The van der Waals surface area contributed by atoms with Crippen molar-refractivity contribution in [1.29, 1.82) is 0 Å². The second kappa shape index (κ2) is 5.09. The smallest absolute Gasteiger partial charge is 0.335 e. The van der Waals surface area contributed by atoms with E-state index in [1.165, 1.54) is 7.11 Å². The fraction of sp³-hybridized carbons (Fsp3) is 0.400. The van der Waals surface area contributed by atoms with Crippen molar-refractivity contribution in [2.45, 2.75) is 19.4 Å². The summed E-state index contributed by atoms with van der Waals surface area (Å²) in [6.07, 6.45) is -0.983. The average Bonchev–Trinajstić information content (AvgIpc) is 2.14. The van der Waals surface area contributed by atoms with Crippen LogP contribution in [0.5, 0.6) is 0 Å². The lowest BCUT2D eigenvalue weighted by molar-refractivity contribution is -0.150. The molecule has 0 aromatic carbocycles. The molecule has 0 aliphatic carbocycles. The van der Waals surface area contributed by atoms with Crippen molar-refractivity contribution in [2.24, 2.45) is 0 Å². The fourth-order valence-corrected chi connectivity index (χ4v) is 1.53. The number of halogens is 1. The van der Waals surface area contributed by atoms with Crippen LogP contribution in [0.25, 0.3) is 0 Å². The Morgan fingerprint density at radius 3 is 2.87 bits per heavy atom. The summed E-state index contributed by atoms with van der Waals surface area (Å²) in [7, 11) is 1.23. The number of pyridine rings is 1. The zero-order valence-electron chi connectivity index (χ0n) is 8.53. The van der Waals surface area contributed by atoms with Crippen LogP contribution in [0.2, 0.25) is 5.15 Å². The molecule has 0 bridgehead atoms. The number of aryl methyl sites for hydroxylation is 1. The number of ether oxygens (including phenoxy) is 1. The van der Waals surface area contributed by atoms with E-state index in [1.807, 2.05) is 0 Å². The first-order chi connectivity index (χ1) is 7.02. The molecule has 1 unspecified atom stereocenters. The quantitative estimate of drug-likeness (QED) is 0.623. The van der Waals surface area contributed by atoms with Gasteiger partial charge in [-0.3, -0.25) is 0 Å². The SMILES string of the molecule is COC(=O)C(O)Cc1cc(C)nc(Cl)c1. The molecule has 0 amide bonds. The lowest BCUT2D eigenvalue weighted by Gasteiger charge is -2.08. The van der Waals surface area contributed by atoms with E-state index in [1.54, 1.807) is 19.1 Å². The Hall–Kier alpha value is -1.13. The summed E-state index contributed by atoms with van der Waals surface area (Å²) in [5, 5.41) is 9.76. The van der Waals surface area contributed by atoms with E-state index in [0.717, 1.165) is 11.3 Å². The number of hydrogen-bond acceptors (Lipinski definition) is 4. The lowest BCUT2D eigenvalue weighted by Crippen LogP contribution is -2.24. The van der Waals surface area contributed by atoms with Crippen LogP contribution in [0.15, 0.2) is 12.1 Å². The molecule has 1 N–H and O–H groups in total. The van der Waals surface area contributed by atoms with E-state index >= 15 is 0 Å². The number of carbonyl (C=O) groups excluding carboxylic acids is 1. The normalized spacial score (nSPS) is 12.3. The predicted molar refractivity (Wildman–Crippen MR) is 55.7 cm³/mol. The molecule has 0 saturated carbocycles. The number of hydrogen-bond donors (Lipinski definition) is 1. The second-order valence-corrected chi connectivity index (χ2v) is 3.57. The average molecular weight is 230 g/mol. The Kier molecular flexibility index (Phi) is 4.05. The van der Waals surface area contributed by atoms with E-state index in [9.17, 15) is 9.90 Å². The van der Waals surface area contributed by atoms with Gasteiger partial charge in [-0.25, -0.2) is 9.78 Å². The van der Waals surface area contributed by atoms with Crippen LogP contribution in [0.3, 0.4) is 0 Å². The van der Waals surface area contributed by atoms with Crippen molar-refractivity contribution >= 4 is 17.6 Å². The molecule has 5 heteroatoms. The minimum Gasteiger partial charge on any atom is -0.467 e. The Balaban J connectivity index is 2.76. The first-order valence-corrected chi connectivity index (χ1v) is 4.79. The standard InChI is InChI=1S/C10H12ClNO3/c1-6-3-7(5-9(11)12-6)4-8(13)10(14)15-2/h3,5,8,13H,4H2,1-2H3. The summed E-state index contributed by atoms with van der Waals surface area (Å²) in [5.74, 6) is -0.652. The summed E-state index contributed by atoms with van der Waals surface area (Å²) in [5.41, 5.74) is 1.50. The van der Waals surface area contributed by atoms with Gasteiger partial charge in [0.2, 0.25) is 0 Å². The van der Waals surface area contributed by atoms with E-state index in [0.29, 0.717) is 5.15 Å². The van der Waals surface area contributed by atoms with Gasteiger partial charge in [0.05, 0.1) is 7.11 Å². The van der Waals surface area contributed by atoms with Gasteiger partial charge in [-0.2, -0.15) is 0 Å². The van der Waals surface area contributed by atoms with Crippen LogP contribution < -0.4 is 0 Å². The zero-order valence-corrected chi connectivity index (χ0v) is 9.28. The highest BCUT2D eigenvalue weighted by Crippen LogP contribution is 2.12.